The highest BCUT2D eigenvalue weighted by molar-refractivity contribution is 5.74. The van der Waals surface area contributed by atoms with Gasteiger partial charge in [-0.05, 0) is 43.0 Å². The molecule has 1 aromatic heterocycles. The summed E-state index contributed by atoms with van der Waals surface area (Å²) in [4.78, 5) is 23.7. The summed E-state index contributed by atoms with van der Waals surface area (Å²) < 4.78 is 5.42. The lowest BCUT2D eigenvalue weighted by Gasteiger charge is -2.29. The van der Waals surface area contributed by atoms with Gasteiger partial charge in [-0.25, -0.2) is 9.78 Å². The lowest BCUT2D eigenvalue weighted by molar-refractivity contribution is 0.122. The number of aromatic nitrogens is 1. The topological polar surface area (TPSA) is 60.9 Å². The molecule has 2 amide bonds. The van der Waals surface area contributed by atoms with Crippen molar-refractivity contribution in [2.75, 3.05) is 56.2 Å². The largest absolute Gasteiger partial charge is 0.378 e. The van der Waals surface area contributed by atoms with Crippen molar-refractivity contribution < 1.29 is 9.53 Å². The van der Waals surface area contributed by atoms with E-state index in [1.54, 1.807) is 4.90 Å². The number of morpholine rings is 1. The van der Waals surface area contributed by atoms with Crippen LogP contribution >= 0.6 is 0 Å². The summed E-state index contributed by atoms with van der Waals surface area (Å²) in [5.41, 5.74) is 3.40. The van der Waals surface area contributed by atoms with Gasteiger partial charge in [-0.1, -0.05) is 18.2 Å². The quantitative estimate of drug-likeness (QED) is 0.773. The zero-order valence-electron chi connectivity index (χ0n) is 18.4. The highest BCUT2D eigenvalue weighted by Gasteiger charge is 2.17. The summed E-state index contributed by atoms with van der Waals surface area (Å²) in [6, 6.07) is 12.4. The van der Waals surface area contributed by atoms with E-state index in [1.807, 2.05) is 19.3 Å². The van der Waals surface area contributed by atoms with Crippen LogP contribution < -0.4 is 15.1 Å². The standard InChI is InChI=1S/C24H33N5O2/c1-27(19-20-7-9-22(10-8-20)28-14-16-31-17-15-28)24(30)26-18-21-6-5-11-25-23(21)29-12-3-2-4-13-29/h5-11H,2-4,12-19H2,1H3,(H,26,30). The molecule has 166 valence electrons. The first kappa shape index (κ1) is 21.4. The van der Waals surface area contributed by atoms with Gasteiger partial charge in [-0.3, -0.25) is 0 Å². The number of anilines is 2. The number of ether oxygens (including phenoxy) is 1. The van der Waals surface area contributed by atoms with Crippen molar-refractivity contribution in [1.82, 2.24) is 15.2 Å². The lowest BCUT2D eigenvalue weighted by Crippen LogP contribution is -2.37. The zero-order valence-corrected chi connectivity index (χ0v) is 18.4. The predicted molar refractivity (Wildman–Crippen MR) is 123 cm³/mol. The van der Waals surface area contributed by atoms with Gasteiger partial charge in [0.2, 0.25) is 0 Å². The predicted octanol–water partition coefficient (Wildman–Crippen LogP) is 3.25. The third-order valence-corrected chi connectivity index (χ3v) is 6.03. The van der Waals surface area contributed by atoms with Crippen molar-refractivity contribution in [2.24, 2.45) is 0 Å². The molecule has 2 aromatic rings. The second-order valence-electron chi connectivity index (χ2n) is 8.31. The molecule has 31 heavy (non-hydrogen) atoms. The molecule has 0 atom stereocenters. The van der Waals surface area contributed by atoms with Gasteiger partial charge in [-0.2, -0.15) is 0 Å². The van der Waals surface area contributed by atoms with Crippen LogP contribution in [0.5, 0.6) is 0 Å². The summed E-state index contributed by atoms with van der Waals surface area (Å²) in [7, 11) is 1.83. The molecule has 3 heterocycles. The van der Waals surface area contributed by atoms with E-state index in [9.17, 15) is 4.79 Å². The van der Waals surface area contributed by atoms with E-state index in [2.05, 4.69) is 50.4 Å². The molecule has 2 aliphatic heterocycles. The lowest BCUT2D eigenvalue weighted by atomic mass is 10.1. The summed E-state index contributed by atoms with van der Waals surface area (Å²) in [5.74, 6) is 1.00. The van der Waals surface area contributed by atoms with Gasteiger partial charge in [0.15, 0.2) is 0 Å². The Morgan fingerprint density at radius 1 is 1.03 bits per heavy atom. The van der Waals surface area contributed by atoms with Crippen LogP contribution in [0.25, 0.3) is 0 Å². The van der Waals surface area contributed by atoms with E-state index < -0.39 is 0 Å². The number of hydrogen-bond acceptors (Lipinski definition) is 5. The van der Waals surface area contributed by atoms with Crippen LogP contribution in [0.1, 0.15) is 30.4 Å². The molecule has 0 radical (unpaired) electrons. The Hall–Kier alpha value is -2.80. The molecule has 4 rings (SSSR count). The molecule has 1 aromatic carbocycles. The van der Waals surface area contributed by atoms with Crippen LogP contribution in [0.3, 0.4) is 0 Å². The fourth-order valence-electron chi connectivity index (χ4n) is 4.24. The van der Waals surface area contributed by atoms with E-state index in [-0.39, 0.29) is 6.03 Å². The molecule has 2 fully saturated rings. The Labute approximate surface area is 185 Å². The highest BCUT2D eigenvalue weighted by Crippen LogP contribution is 2.22. The molecule has 7 heteroatoms. The third kappa shape index (κ3) is 5.67. The summed E-state index contributed by atoms with van der Waals surface area (Å²) in [6.45, 7) is 6.55. The second-order valence-corrected chi connectivity index (χ2v) is 8.31. The molecule has 0 aliphatic carbocycles. The number of nitrogens with zero attached hydrogens (tertiary/aromatic N) is 4. The number of carbonyl (C=O) groups excluding carboxylic acids is 1. The van der Waals surface area contributed by atoms with E-state index in [0.717, 1.165) is 56.3 Å². The zero-order chi connectivity index (χ0) is 21.5. The van der Waals surface area contributed by atoms with E-state index >= 15 is 0 Å². The van der Waals surface area contributed by atoms with Gasteiger partial charge in [0, 0.05) is 63.8 Å². The highest BCUT2D eigenvalue weighted by atomic mass is 16.5. The van der Waals surface area contributed by atoms with Crippen LogP contribution in [-0.2, 0) is 17.8 Å². The Morgan fingerprint density at radius 2 is 1.77 bits per heavy atom. The summed E-state index contributed by atoms with van der Waals surface area (Å²) in [5, 5.41) is 3.06. The number of piperidine rings is 1. The molecule has 0 saturated carbocycles. The Morgan fingerprint density at radius 3 is 2.52 bits per heavy atom. The first-order chi connectivity index (χ1) is 15.2. The first-order valence-corrected chi connectivity index (χ1v) is 11.3. The molecule has 2 saturated heterocycles. The minimum atomic E-state index is -0.0781. The van der Waals surface area contributed by atoms with Gasteiger partial charge >= 0.3 is 6.03 Å². The fourth-order valence-corrected chi connectivity index (χ4v) is 4.24. The van der Waals surface area contributed by atoms with Gasteiger partial charge in [-0.15, -0.1) is 0 Å². The van der Waals surface area contributed by atoms with Crippen molar-refractivity contribution in [3.05, 3.63) is 53.7 Å². The van der Waals surface area contributed by atoms with Crippen molar-refractivity contribution in [3.8, 4) is 0 Å². The maximum atomic E-state index is 12.7. The van der Waals surface area contributed by atoms with Crippen LogP contribution in [0.15, 0.2) is 42.6 Å². The minimum Gasteiger partial charge on any atom is -0.378 e. The molecule has 1 N–H and O–H groups in total. The van der Waals surface area contributed by atoms with Crippen LogP contribution in [0.4, 0.5) is 16.3 Å². The third-order valence-electron chi connectivity index (χ3n) is 6.03. The number of amides is 2. The van der Waals surface area contributed by atoms with Crippen molar-refractivity contribution >= 4 is 17.5 Å². The molecular weight excluding hydrogens is 390 g/mol. The Balaban J connectivity index is 1.30. The average Bonchev–Trinajstić information content (AvgIpc) is 2.84. The number of benzene rings is 1. The molecular formula is C24H33N5O2. The van der Waals surface area contributed by atoms with E-state index in [4.69, 9.17) is 4.74 Å². The molecule has 0 spiro atoms. The van der Waals surface area contributed by atoms with Crippen LogP contribution in [0, 0.1) is 0 Å². The Kier molecular flexibility index (Phi) is 7.25. The monoisotopic (exact) mass is 423 g/mol. The normalized spacial score (nSPS) is 16.8. The molecule has 0 bridgehead atoms. The van der Waals surface area contributed by atoms with E-state index in [1.165, 1.54) is 24.9 Å². The fraction of sp³-hybridized carbons (Fsp3) is 0.500. The van der Waals surface area contributed by atoms with Gasteiger partial charge in [0.05, 0.1) is 13.2 Å². The first-order valence-electron chi connectivity index (χ1n) is 11.3. The second kappa shape index (κ2) is 10.5. The van der Waals surface area contributed by atoms with Crippen molar-refractivity contribution in [1.29, 1.82) is 0 Å². The Bertz CT molecular complexity index is 845. The molecule has 0 unspecified atom stereocenters. The van der Waals surface area contributed by atoms with Gasteiger partial charge in [0.25, 0.3) is 0 Å². The molecule has 7 nitrogen and oxygen atoms in total. The van der Waals surface area contributed by atoms with Crippen LogP contribution in [0.2, 0.25) is 0 Å². The number of pyridine rings is 1. The van der Waals surface area contributed by atoms with Crippen molar-refractivity contribution in [3.63, 3.8) is 0 Å². The smallest absolute Gasteiger partial charge is 0.317 e. The molecule has 2 aliphatic rings. The maximum Gasteiger partial charge on any atom is 0.317 e. The number of nitrogens with one attached hydrogen (secondary N) is 1. The number of carbonyl (C=O) groups is 1. The summed E-state index contributed by atoms with van der Waals surface area (Å²) >= 11 is 0. The SMILES string of the molecule is CN(Cc1ccc(N2CCOCC2)cc1)C(=O)NCc1cccnc1N1CCCCC1. The maximum absolute atomic E-state index is 12.7. The summed E-state index contributed by atoms with van der Waals surface area (Å²) in [6.07, 6.45) is 5.53. The van der Waals surface area contributed by atoms with Crippen molar-refractivity contribution in [2.45, 2.75) is 32.4 Å². The number of rotatable bonds is 6. The van der Waals surface area contributed by atoms with Gasteiger partial charge < -0.3 is 24.8 Å². The number of hydrogen-bond donors (Lipinski definition) is 1. The minimum absolute atomic E-state index is 0.0781. The average molecular weight is 424 g/mol. The van der Waals surface area contributed by atoms with Gasteiger partial charge in [0.1, 0.15) is 5.82 Å². The van der Waals surface area contributed by atoms with E-state index in [0.29, 0.717) is 13.1 Å². The number of urea groups is 1. The van der Waals surface area contributed by atoms with Crippen LogP contribution in [-0.4, -0.2) is 62.4 Å².